The van der Waals surface area contributed by atoms with Crippen LogP contribution in [0.15, 0.2) is 33.3 Å². The van der Waals surface area contributed by atoms with Crippen LogP contribution in [0.25, 0.3) is 0 Å². The summed E-state index contributed by atoms with van der Waals surface area (Å²) in [6.07, 6.45) is 1.61. The van der Waals surface area contributed by atoms with Gasteiger partial charge in [-0.25, -0.2) is 4.98 Å². The van der Waals surface area contributed by atoms with Crippen molar-refractivity contribution < 1.29 is 9.21 Å². The topological polar surface area (TPSA) is 55.1 Å². The number of nitrogens with zero attached hydrogens (tertiary/aromatic N) is 1. The molecule has 0 aliphatic rings. The lowest BCUT2D eigenvalue weighted by atomic mass is 10.2. The molecule has 6 heteroatoms. The van der Waals surface area contributed by atoms with Gasteiger partial charge in [-0.1, -0.05) is 11.6 Å². The summed E-state index contributed by atoms with van der Waals surface area (Å²) in [5.41, 5.74) is 0.516. The highest BCUT2D eigenvalue weighted by atomic mass is 79.9. The summed E-state index contributed by atoms with van der Waals surface area (Å²) >= 11 is 9.10. The number of amides is 1. The Kier molecular flexibility index (Phi) is 4.04. The minimum Gasteiger partial charge on any atom is -0.444 e. The lowest BCUT2D eigenvalue weighted by Crippen LogP contribution is -2.23. The van der Waals surface area contributed by atoms with Crippen LogP contribution in [0.5, 0.6) is 0 Å². The Hall–Kier alpha value is -1.33. The van der Waals surface area contributed by atoms with Crippen molar-refractivity contribution in [2.45, 2.75) is 13.5 Å². The maximum absolute atomic E-state index is 11.9. The van der Waals surface area contributed by atoms with Crippen molar-refractivity contribution >= 4 is 33.4 Å². The van der Waals surface area contributed by atoms with Gasteiger partial charge in [-0.15, -0.1) is 0 Å². The van der Waals surface area contributed by atoms with E-state index in [-0.39, 0.29) is 12.5 Å². The van der Waals surface area contributed by atoms with Gasteiger partial charge < -0.3 is 9.73 Å². The molecule has 0 aliphatic heterocycles. The molecule has 1 aromatic heterocycles. The lowest BCUT2D eigenvalue weighted by Gasteiger charge is -2.05. The zero-order chi connectivity index (χ0) is 13.1. The third kappa shape index (κ3) is 3.11. The summed E-state index contributed by atoms with van der Waals surface area (Å²) in [6, 6.07) is 4.99. The number of nitrogens with one attached hydrogen (secondary N) is 1. The highest BCUT2D eigenvalue weighted by Gasteiger charge is 2.11. The van der Waals surface area contributed by atoms with Gasteiger partial charge in [-0.3, -0.25) is 4.79 Å². The van der Waals surface area contributed by atoms with Crippen LogP contribution in [-0.4, -0.2) is 10.9 Å². The van der Waals surface area contributed by atoms with E-state index in [2.05, 4.69) is 26.2 Å². The molecule has 1 heterocycles. The average molecular weight is 330 g/mol. The van der Waals surface area contributed by atoms with Crippen molar-refractivity contribution in [2.24, 2.45) is 0 Å². The summed E-state index contributed by atoms with van der Waals surface area (Å²) in [6.45, 7) is 2.05. The maximum Gasteiger partial charge on any atom is 0.252 e. The summed E-state index contributed by atoms with van der Waals surface area (Å²) in [5, 5.41) is 3.29. The van der Waals surface area contributed by atoms with Crippen LogP contribution >= 0.6 is 27.5 Å². The Morgan fingerprint density at radius 3 is 2.94 bits per heavy atom. The summed E-state index contributed by atoms with van der Waals surface area (Å²) in [4.78, 5) is 15.9. The van der Waals surface area contributed by atoms with Crippen LogP contribution in [0.1, 0.15) is 22.0 Å². The number of halogens is 2. The van der Waals surface area contributed by atoms with Crippen LogP contribution < -0.4 is 5.32 Å². The van der Waals surface area contributed by atoms with Gasteiger partial charge >= 0.3 is 0 Å². The van der Waals surface area contributed by atoms with E-state index in [4.69, 9.17) is 16.0 Å². The molecule has 2 aromatic rings. The fourth-order valence-corrected chi connectivity index (χ4v) is 2.27. The van der Waals surface area contributed by atoms with Crippen LogP contribution in [0.4, 0.5) is 0 Å². The van der Waals surface area contributed by atoms with Crippen molar-refractivity contribution in [3.63, 3.8) is 0 Å². The Labute approximate surface area is 117 Å². The molecule has 0 fully saturated rings. The number of hydrogen-bond acceptors (Lipinski definition) is 3. The van der Waals surface area contributed by atoms with Gasteiger partial charge in [-0.2, -0.15) is 0 Å². The molecular formula is C12H10BrClN2O2. The molecule has 0 saturated heterocycles. The smallest absolute Gasteiger partial charge is 0.252 e. The van der Waals surface area contributed by atoms with E-state index in [1.807, 2.05) is 0 Å². The van der Waals surface area contributed by atoms with Crippen LogP contribution in [-0.2, 0) is 6.54 Å². The third-order valence-electron chi connectivity index (χ3n) is 2.25. The first-order chi connectivity index (χ1) is 8.56. The number of oxazole rings is 1. The molecule has 4 nitrogen and oxygen atoms in total. The first-order valence-electron chi connectivity index (χ1n) is 5.21. The third-order valence-corrected chi connectivity index (χ3v) is 3.14. The first-order valence-corrected chi connectivity index (χ1v) is 6.38. The maximum atomic E-state index is 11.9. The Morgan fingerprint density at radius 2 is 2.33 bits per heavy atom. The second-order valence-electron chi connectivity index (χ2n) is 3.67. The number of hydrogen-bond donors (Lipinski definition) is 1. The largest absolute Gasteiger partial charge is 0.444 e. The lowest BCUT2D eigenvalue weighted by molar-refractivity contribution is 0.0946. The van der Waals surface area contributed by atoms with Gasteiger partial charge in [0, 0.05) is 9.50 Å². The second kappa shape index (κ2) is 5.54. The minimum absolute atomic E-state index is 0.214. The number of aromatic nitrogens is 1. The molecule has 0 saturated carbocycles. The predicted octanol–water partition coefficient (Wildman–Crippen LogP) is 3.33. The van der Waals surface area contributed by atoms with Gasteiger partial charge in [-0.05, 0) is 41.1 Å². The van der Waals surface area contributed by atoms with E-state index in [9.17, 15) is 4.79 Å². The van der Waals surface area contributed by atoms with E-state index in [1.54, 1.807) is 31.3 Å². The zero-order valence-corrected chi connectivity index (χ0v) is 11.9. The molecule has 18 heavy (non-hydrogen) atoms. The number of carbonyl (C=O) groups excluding carboxylic acids is 1. The quantitative estimate of drug-likeness (QED) is 0.939. The fourth-order valence-electron chi connectivity index (χ4n) is 1.41. The SMILES string of the molecule is Cc1cnc(CNC(=O)c2ccc(Cl)cc2Br)o1. The molecule has 0 radical (unpaired) electrons. The number of aryl methyl sites for hydroxylation is 1. The van der Waals surface area contributed by atoms with E-state index in [0.29, 0.717) is 26.7 Å². The standard InChI is InChI=1S/C12H10BrClN2O2/c1-7-5-15-11(18-7)6-16-12(17)9-3-2-8(14)4-10(9)13/h2-5H,6H2,1H3,(H,16,17). The van der Waals surface area contributed by atoms with Gasteiger partial charge in [0.15, 0.2) is 0 Å². The minimum atomic E-state index is -0.214. The number of benzene rings is 1. The average Bonchev–Trinajstić information content (AvgIpc) is 2.72. The van der Waals surface area contributed by atoms with Crippen molar-refractivity contribution in [3.8, 4) is 0 Å². The van der Waals surface area contributed by atoms with Crippen molar-refractivity contribution in [1.82, 2.24) is 10.3 Å². The molecule has 94 valence electrons. The van der Waals surface area contributed by atoms with Crippen molar-refractivity contribution in [3.05, 3.63) is 51.1 Å². The second-order valence-corrected chi connectivity index (χ2v) is 4.96. The summed E-state index contributed by atoms with van der Waals surface area (Å²) < 4.78 is 5.91. The van der Waals surface area contributed by atoms with E-state index >= 15 is 0 Å². The molecule has 0 unspecified atom stereocenters. The Morgan fingerprint density at radius 1 is 1.56 bits per heavy atom. The van der Waals surface area contributed by atoms with Crippen LogP contribution in [0, 0.1) is 6.92 Å². The van der Waals surface area contributed by atoms with Gasteiger partial charge in [0.05, 0.1) is 18.3 Å². The monoisotopic (exact) mass is 328 g/mol. The van der Waals surface area contributed by atoms with Gasteiger partial charge in [0.1, 0.15) is 5.76 Å². The zero-order valence-electron chi connectivity index (χ0n) is 9.54. The highest BCUT2D eigenvalue weighted by molar-refractivity contribution is 9.10. The summed E-state index contributed by atoms with van der Waals surface area (Å²) in [7, 11) is 0. The Balaban J connectivity index is 2.03. The van der Waals surface area contributed by atoms with Gasteiger partial charge in [0.2, 0.25) is 5.89 Å². The molecule has 1 N–H and O–H groups in total. The van der Waals surface area contributed by atoms with Crippen LogP contribution in [0.3, 0.4) is 0 Å². The molecule has 0 atom stereocenters. The Bertz CT molecular complexity index is 583. The fraction of sp³-hybridized carbons (Fsp3) is 0.167. The number of rotatable bonds is 3. The predicted molar refractivity (Wildman–Crippen MR) is 71.6 cm³/mol. The normalized spacial score (nSPS) is 10.4. The molecular weight excluding hydrogens is 320 g/mol. The molecule has 2 rings (SSSR count). The van der Waals surface area contributed by atoms with Gasteiger partial charge in [0.25, 0.3) is 5.91 Å². The van der Waals surface area contributed by atoms with E-state index in [0.717, 1.165) is 0 Å². The van der Waals surface area contributed by atoms with Crippen LogP contribution in [0.2, 0.25) is 5.02 Å². The van der Waals surface area contributed by atoms with E-state index < -0.39 is 0 Å². The molecule has 0 aliphatic carbocycles. The molecule has 1 aromatic carbocycles. The molecule has 0 spiro atoms. The first kappa shape index (κ1) is 13.1. The summed E-state index contributed by atoms with van der Waals surface area (Å²) in [5.74, 6) is 0.979. The van der Waals surface area contributed by atoms with Crippen molar-refractivity contribution in [1.29, 1.82) is 0 Å². The molecule has 0 bridgehead atoms. The highest BCUT2D eigenvalue weighted by Crippen LogP contribution is 2.21. The van der Waals surface area contributed by atoms with E-state index in [1.165, 1.54) is 0 Å². The van der Waals surface area contributed by atoms with Crippen molar-refractivity contribution in [2.75, 3.05) is 0 Å². The number of carbonyl (C=O) groups is 1. The molecule has 1 amide bonds.